The fourth-order valence-corrected chi connectivity index (χ4v) is 3.67. The largest absolute Gasteiger partial charge is 0.308 e. The highest BCUT2D eigenvalue weighted by atomic mass is 32.1. The lowest BCUT2D eigenvalue weighted by Crippen LogP contribution is -2.38. The quantitative estimate of drug-likeness (QED) is 0.829. The summed E-state index contributed by atoms with van der Waals surface area (Å²) in [6.45, 7) is 9.85. The Labute approximate surface area is 127 Å². The van der Waals surface area contributed by atoms with Crippen LogP contribution in [0.5, 0.6) is 0 Å². The molecule has 0 amide bonds. The van der Waals surface area contributed by atoms with E-state index in [-0.39, 0.29) is 0 Å². The van der Waals surface area contributed by atoms with Gasteiger partial charge in [-0.05, 0) is 25.8 Å². The summed E-state index contributed by atoms with van der Waals surface area (Å²) in [7, 11) is 0. The molecule has 1 aliphatic heterocycles. The van der Waals surface area contributed by atoms with Gasteiger partial charge in [0.15, 0.2) is 0 Å². The van der Waals surface area contributed by atoms with E-state index < -0.39 is 0 Å². The molecule has 1 saturated heterocycles. The Morgan fingerprint density at radius 1 is 1.45 bits per heavy atom. The highest BCUT2D eigenvalue weighted by molar-refractivity contribution is 7.09. The molecule has 1 atom stereocenters. The zero-order valence-electron chi connectivity index (χ0n) is 13.2. The van der Waals surface area contributed by atoms with Gasteiger partial charge in [-0.3, -0.25) is 4.90 Å². The Morgan fingerprint density at radius 3 is 3.05 bits per heavy atom. The molecule has 1 aliphatic rings. The maximum Gasteiger partial charge on any atom is 0.107 e. The molecule has 0 saturated carbocycles. The van der Waals surface area contributed by atoms with E-state index in [1.807, 2.05) is 0 Å². The number of aromatic nitrogens is 1. The lowest BCUT2D eigenvalue weighted by Gasteiger charge is -2.35. The minimum Gasteiger partial charge on any atom is -0.308 e. The van der Waals surface area contributed by atoms with E-state index in [1.165, 1.54) is 49.4 Å². The van der Waals surface area contributed by atoms with Crippen LogP contribution in [-0.4, -0.2) is 28.5 Å². The average Bonchev–Trinajstić information content (AvgIpc) is 2.87. The van der Waals surface area contributed by atoms with Crippen LogP contribution in [0.25, 0.3) is 0 Å². The zero-order valence-corrected chi connectivity index (χ0v) is 14.0. The molecule has 4 heteroatoms. The van der Waals surface area contributed by atoms with E-state index in [2.05, 4.69) is 36.4 Å². The normalized spacial score (nSPS) is 20.7. The van der Waals surface area contributed by atoms with Crippen molar-refractivity contribution in [3.05, 3.63) is 16.1 Å². The third-order valence-corrected chi connectivity index (χ3v) is 4.89. The SMILES string of the molecule is CCCC1CCCCN1Cc1csc(CNC(C)C)n1. The average molecular weight is 295 g/mol. The fourth-order valence-electron chi connectivity index (χ4n) is 2.93. The Kier molecular flexibility index (Phi) is 6.46. The predicted octanol–water partition coefficient (Wildman–Crippen LogP) is 3.80. The van der Waals surface area contributed by atoms with Gasteiger partial charge in [0.25, 0.3) is 0 Å². The molecule has 1 aromatic heterocycles. The number of thiazole rings is 1. The number of hydrogen-bond acceptors (Lipinski definition) is 4. The number of hydrogen-bond donors (Lipinski definition) is 1. The van der Waals surface area contributed by atoms with Gasteiger partial charge in [-0.1, -0.05) is 33.6 Å². The second-order valence-corrected chi connectivity index (χ2v) is 7.12. The van der Waals surface area contributed by atoms with Crippen molar-refractivity contribution < 1.29 is 0 Å². The van der Waals surface area contributed by atoms with Gasteiger partial charge in [-0.25, -0.2) is 4.98 Å². The van der Waals surface area contributed by atoms with E-state index in [0.717, 1.165) is 19.1 Å². The smallest absolute Gasteiger partial charge is 0.107 e. The van der Waals surface area contributed by atoms with Crippen molar-refractivity contribution >= 4 is 11.3 Å². The zero-order chi connectivity index (χ0) is 14.4. The number of rotatable bonds is 7. The van der Waals surface area contributed by atoms with Crippen LogP contribution in [0.1, 0.15) is 63.6 Å². The van der Waals surface area contributed by atoms with Crippen molar-refractivity contribution in [2.24, 2.45) is 0 Å². The molecule has 0 spiro atoms. The van der Waals surface area contributed by atoms with Crippen LogP contribution in [0.3, 0.4) is 0 Å². The van der Waals surface area contributed by atoms with Crippen molar-refractivity contribution in [2.75, 3.05) is 6.54 Å². The van der Waals surface area contributed by atoms with Gasteiger partial charge >= 0.3 is 0 Å². The standard InChI is InChI=1S/C16H29N3S/c1-4-7-15-8-5-6-9-19(15)11-14-12-20-16(18-14)10-17-13(2)3/h12-13,15,17H,4-11H2,1-3H3. The first-order chi connectivity index (χ1) is 9.69. The molecule has 0 bridgehead atoms. The molecule has 1 fully saturated rings. The minimum absolute atomic E-state index is 0.526. The molecule has 0 aromatic carbocycles. The summed E-state index contributed by atoms with van der Waals surface area (Å²) in [5.41, 5.74) is 1.26. The number of nitrogens with zero attached hydrogens (tertiary/aromatic N) is 2. The molecule has 0 radical (unpaired) electrons. The van der Waals surface area contributed by atoms with Crippen molar-refractivity contribution in [2.45, 2.75) is 78.0 Å². The molecule has 20 heavy (non-hydrogen) atoms. The van der Waals surface area contributed by atoms with Gasteiger partial charge in [0.05, 0.1) is 5.69 Å². The highest BCUT2D eigenvalue weighted by Gasteiger charge is 2.22. The van der Waals surface area contributed by atoms with Gasteiger partial charge in [0.1, 0.15) is 5.01 Å². The van der Waals surface area contributed by atoms with Crippen LogP contribution in [-0.2, 0) is 13.1 Å². The van der Waals surface area contributed by atoms with Crippen molar-refractivity contribution in [1.29, 1.82) is 0 Å². The first kappa shape index (κ1) is 15.9. The van der Waals surface area contributed by atoms with Gasteiger partial charge < -0.3 is 5.32 Å². The first-order valence-corrected chi connectivity index (χ1v) is 8.97. The molecule has 2 rings (SSSR count). The van der Waals surface area contributed by atoms with Gasteiger partial charge in [0, 0.05) is 30.6 Å². The monoisotopic (exact) mass is 295 g/mol. The van der Waals surface area contributed by atoms with Crippen LogP contribution < -0.4 is 5.32 Å². The fraction of sp³-hybridized carbons (Fsp3) is 0.812. The summed E-state index contributed by atoms with van der Waals surface area (Å²) in [4.78, 5) is 7.44. The Bertz CT molecular complexity index is 387. The molecule has 1 aromatic rings. The third-order valence-electron chi connectivity index (χ3n) is 4.00. The molecule has 2 heterocycles. The van der Waals surface area contributed by atoms with Gasteiger partial charge in [-0.2, -0.15) is 0 Å². The Hall–Kier alpha value is -0.450. The maximum atomic E-state index is 4.79. The highest BCUT2D eigenvalue weighted by Crippen LogP contribution is 2.23. The molecule has 1 N–H and O–H groups in total. The lowest BCUT2D eigenvalue weighted by atomic mass is 9.98. The van der Waals surface area contributed by atoms with Crippen LogP contribution in [0, 0.1) is 0 Å². The summed E-state index contributed by atoms with van der Waals surface area (Å²) in [6.07, 6.45) is 6.77. The number of nitrogens with one attached hydrogen (secondary N) is 1. The molecule has 114 valence electrons. The van der Waals surface area contributed by atoms with Crippen LogP contribution >= 0.6 is 11.3 Å². The molecular formula is C16H29N3S. The molecule has 3 nitrogen and oxygen atoms in total. The second-order valence-electron chi connectivity index (χ2n) is 6.18. The number of likely N-dealkylation sites (tertiary alicyclic amines) is 1. The van der Waals surface area contributed by atoms with Crippen LogP contribution in [0.15, 0.2) is 5.38 Å². The topological polar surface area (TPSA) is 28.2 Å². The third kappa shape index (κ3) is 4.83. The van der Waals surface area contributed by atoms with Crippen LogP contribution in [0.2, 0.25) is 0 Å². The Morgan fingerprint density at radius 2 is 2.30 bits per heavy atom. The summed E-state index contributed by atoms with van der Waals surface area (Å²) >= 11 is 1.79. The summed E-state index contributed by atoms with van der Waals surface area (Å²) < 4.78 is 0. The summed E-state index contributed by atoms with van der Waals surface area (Å²) in [5, 5.41) is 6.91. The lowest BCUT2D eigenvalue weighted by molar-refractivity contribution is 0.130. The van der Waals surface area contributed by atoms with Gasteiger partial charge in [-0.15, -0.1) is 11.3 Å². The van der Waals surface area contributed by atoms with Crippen LogP contribution in [0.4, 0.5) is 0 Å². The van der Waals surface area contributed by atoms with Gasteiger partial charge in [0.2, 0.25) is 0 Å². The van der Waals surface area contributed by atoms with E-state index >= 15 is 0 Å². The summed E-state index contributed by atoms with van der Waals surface area (Å²) in [5.74, 6) is 0. The van der Waals surface area contributed by atoms with E-state index in [9.17, 15) is 0 Å². The van der Waals surface area contributed by atoms with E-state index in [4.69, 9.17) is 4.98 Å². The molecule has 0 aliphatic carbocycles. The second kappa shape index (κ2) is 8.11. The molecular weight excluding hydrogens is 266 g/mol. The van der Waals surface area contributed by atoms with Crippen molar-refractivity contribution in [3.8, 4) is 0 Å². The van der Waals surface area contributed by atoms with E-state index in [0.29, 0.717) is 6.04 Å². The summed E-state index contributed by atoms with van der Waals surface area (Å²) in [6, 6.07) is 1.31. The Balaban J connectivity index is 1.88. The number of piperidine rings is 1. The van der Waals surface area contributed by atoms with Crippen molar-refractivity contribution in [3.63, 3.8) is 0 Å². The van der Waals surface area contributed by atoms with Crippen molar-refractivity contribution in [1.82, 2.24) is 15.2 Å². The first-order valence-electron chi connectivity index (χ1n) is 8.09. The maximum absolute atomic E-state index is 4.79. The molecule has 1 unspecified atom stereocenters. The minimum atomic E-state index is 0.526. The predicted molar refractivity (Wildman–Crippen MR) is 87.0 cm³/mol. The van der Waals surface area contributed by atoms with E-state index in [1.54, 1.807) is 11.3 Å².